The molecule has 5 heterocycles. The van der Waals surface area contributed by atoms with Gasteiger partial charge in [0.2, 0.25) is 5.95 Å². The van der Waals surface area contributed by atoms with E-state index in [1.165, 1.54) is 24.2 Å². The third-order valence-corrected chi connectivity index (χ3v) is 6.58. The van der Waals surface area contributed by atoms with Gasteiger partial charge in [0.05, 0.1) is 22.3 Å². The summed E-state index contributed by atoms with van der Waals surface area (Å²) >= 11 is 1.49. The summed E-state index contributed by atoms with van der Waals surface area (Å²) < 4.78 is 1.83. The Morgan fingerprint density at radius 3 is 2.83 bits per heavy atom. The number of hydrogen-bond donors (Lipinski definition) is 0. The highest BCUT2D eigenvalue weighted by Crippen LogP contribution is 2.37. The fourth-order valence-corrected chi connectivity index (χ4v) is 5.03. The molecule has 29 heavy (non-hydrogen) atoms. The number of likely N-dealkylation sites (tertiary alicyclic amines) is 1. The lowest BCUT2D eigenvalue weighted by Crippen LogP contribution is -2.30. The van der Waals surface area contributed by atoms with Gasteiger partial charge in [-0.15, -0.1) is 11.3 Å². The number of aromatic nitrogens is 4. The fourth-order valence-electron chi connectivity index (χ4n) is 4.35. The summed E-state index contributed by atoms with van der Waals surface area (Å²) in [6, 6.07) is 5.75. The molecule has 1 amide bonds. The SMILES string of the molecule is Cn1cc(-c2ccnc(N3CCCC3)n2)c([C@@H]2CCCN2C(=O)c2cccs2)n1. The van der Waals surface area contributed by atoms with Crippen molar-refractivity contribution in [3.8, 4) is 11.3 Å². The van der Waals surface area contributed by atoms with E-state index in [2.05, 4.69) is 9.88 Å². The molecule has 0 aliphatic carbocycles. The minimum Gasteiger partial charge on any atom is -0.341 e. The highest BCUT2D eigenvalue weighted by atomic mass is 32.1. The average molecular weight is 409 g/mol. The van der Waals surface area contributed by atoms with Crippen LogP contribution in [-0.2, 0) is 7.05 Å². The molecule has 2 saturated heterocycles. The Labute approximate surface area is 174 Å². The van der Waals surface area contributed by atoms with Crippen LogP contribution in [0.5, 0.6) is 0 Å². The summed E-state index contributed by atoms with van der Waals surface area (Å²) in [6.07, 6.45) is 8.13. The third-order valence-electron chi connectivity index (χ3n) is 5.73. The number of anilines is 1. The quantitative estimate of drug-likeness (QED) is 0.661. The van der Waals surface area contributed by atoms with Crippen molar-refractivity contribution in [1.82, 2.24) is 24.6 Å². The van der Waals surface area contributed by atoms with E-state index in [4.69, 9.17) is 10.1 Å². The van der Waals surface area contributed by atoms with E-state index >= 15 is 0 Å². The van der Waals surface area contributed by atoms with Crippen molar-refractivity contribution < 1.29 is 4.79 Å². The van der Waals surface area contributed by atoms with E-state index in [0.29, 0.717) is 0 Å². The van der Waals surface area contributed by atoms with Crippen LogP contribution in [0.15, 0.2) is 36.0 Å². The molecule has 0 saturated carbocycles. The number of amides is 1. The maximum Gasteiger partial charge on any atom is 0.264 e. The lowest BCUT2D eigenvalue weighted by Gasteiger charge is -2.24. The summed E-state index contributed by atoms with van der Waals surface area (Å²) in [7, 11) is 1.93. The Kier molecular flexibility index (Phi) is 4.79. The maximum absolute atomic E-state index is 13.0. The summed E-state index contributed by atoms with van der Waals surface area (Å²) in [4.78, 5) is 27.4. The number of carbonyl (C=O) groups is 1. The second kappa shape index (κ2) is 7.59. The molecule has 1 atom stereocenters. The zero-order valence-electron chi connectivity index (χ0n) is 16.5. The predicted octanol–water partition coefficient (Wildman–Crippen LogP) is 3.52. The molecule has 7 nitrogen and oxygen atoms in total. The Hall–Kier alpha value is -2.74. The third kappa shape index (κ3) is 3.42. The van der Waals surface area contributed by atoms with Crippen LogP contribution < -0.4 is 4.90 Å². The van der Waals surface area contributed by atoms with Crippen molar-refractivity contribution in [3.63, 3.8) is 0 Å². The second-order valence-corrected chi connectivity index (χ2v) is 8.62. The minimum absolute atomic E-state index is 0.0222. The Balaban J connectivity index is 1.49. The normalized spacial score (nSPS) is 19.3. The Morgan fingerprint density at radius 2 is 2.03 bits per heavy atom. The molecule has 150 valence electrons. The van der Waals surface area contributed by atoms with Gasteiger partial charge in [0.25, 0.3) is 5.91 Å². The van der Waals surface area contributed by atoms with Crippen LogP contribution >= 0.6 is 11.3 Å². The lowest BCUT2D eigenvalue weighted by molar-refractivity contribution is 0.0738. The van der Waals surface area contributed by atoms with Crippen molar-refractivity contribution in [3.05, 3.63) is 46.5 Å². The van der Waals surface area contributed by atoms with Gasteiger partial charge in [-0.2, -0.15) is 5.10 Å². The van der Waals surface area contributed by atoms with Gasteiger partial charge in [-0.05, 0) is 43.2 Å². The molecule has 2 fully saturated rings. The van der Waals surface area contributed by atoms with Gasteiger partial charge in [0.1, 0.15) is 0 Å². The van der Waals surface area contributed by atoms with E-state index in [-0.39, 0.29) is 11.9 Å². The van der Waals surface area contributed by atoms with Gasteiger partial charge in [-0.1, -0.05) is 6.07 Å². The summed E-state index contributed by atoms with van der Waals surface area (Å²) in [5, 5.41) is 6.71. The zero-order valence-corrected chi connectivity index (χ0v) is 17.3. The Bertz CT molecular complexity index is 1010. The first-order chi connectivity index (χ1) is 14.2. The van der Waals surface area contributed by atoms with E-state index in [0.717, 1.165) is 60.3 Å². The van der Waals surface area contributed by atoms with Gasteiger partial charge in [0, 0.05) is 44.6 Å². The monoisotopic (exact) mass is 408 g/mol. The maximum atomic E-state index is 13.0. The molecule has 3 aromatic rings. The molecule has 3 aromatic heterocycles. The number of thiophene rings is 1. The van der Waals surface area contributed by atoms with Gasteiger partial charge in [-0.25, -0.2) is 9.97 Å². The van der Waals surface area contributed by atoms with Crippen LogP contribution in [-0.4, -0.2) is 50.2 Å². The lowest BCUT2D eigenvalue weighted by atomic mass is 10.0. The molecule has 0 aromatic carbocycles. The fraction of sp³-hybridized carbons (Fsp3) is 0.429. The summed E-state index contributed by atoms with van der Waals surface area (Å²) in [5.41, 5.74) is 2.80. The molecule has 0 radical (unpaired) electrons. The zero-order chi connectivity index (χ0) is 19.8. The van der Waals surface area contributed by atoms with E-state index in [1.54, 1.807) is 0 Å². The number of aryl methyl sites for hydroxylation is 1. The highest BCUT2D eigenvalue weighted by molar-refractivity contribution is 7.12. The van der Waals surface area contributed by atoms with Crippen molar-refractivity contribution >= 4 is 23.2 Å². The van der Waals surface area contributed by atoms with Crippen molar-refractivity contribution in [2.75, 3.05) is 24.5 Å². The number of rotatable bonds is 4. The minimum atomic E-state index is -0.0222. The number of hydrogen-bond acceptors (Lipinski definition) is 6. The first kappa shape index (κ1) is 18.3. The molecular formula is C21H24N6OS. The van der Waals surface area contributed by atoms with Crippen LogP contribution in [0.2, 0.25) is 0 Å². The van der Waals surface area contributed by atoms with Crippen molar-refractivity contribution in [2.24, 2.45) is 7.05 Å². The van der Waals surface area contributed by atoms with E-state index < -0.39 is 0 Å². The van der Waals surface area contributed by atoms with Gasteiger partial charge < -0.3 is 9.80 Å². The first-order valence-electron chi connectivity index (χ1n) is 10.2. The Morgan fingerprint density at radius 1 is 1.17 bits per heavy atom. The van der Waals surface area contributed by atoms with Crippen LogP contribution in [0.25, 0.3) is 11.3 Å². The first-order valence-corrected chi connectivity index (χ1v) is 11.0. The van der Waals surface area contributed by atoms with Gasteiger partial charge in [0.15, 0.2) is 0 Å². The average Bonchev–Trinajstić information content (AvgIpc) is 3.54. The molecule has 0 unspecified atom stereocenters. The van der Waals surface area contributed by atoms with Crippen molar-refractivity contribution in [2.45, 2.75) is 31.7 Å². The smallest absolute Gasteiger partial charge is 0.264 e. The molecule has 0 spiro atoms. The highest BCUT2D eigenvalue weighted by Gasteiger charge is 2.34. The van der Waals surface area contributed by atoms with Crippen LogP contribution in [0.1, 0.15) is 47.1 Å². The molecule has 2 aliphatic rings. The standard InChI is InChI=1S/C21H24N6OS/c1-25-14-15(16-8-9-22-21(23-16)26-10-2-3-11-26)19(24-25)17-6-4-12-27(17)20(28)18-7-5-13-29-18/h5,7-9,13-14,17H,2-4,6,10-12H2,1H3/t17-/m0/s1. The van der Waals surface area contributed by atoms with Crippen LogP contribution in [0, 0.1) is 0 Å². The van der Waals surface area contributed by atoms with Gasteiger partial charge >= 0.3 is 0 Å². The van der Waals surface area contributed by atoms with Crippen LogP contribution in [0.3, 0.4) is 0 Å². The molecule has 5 rings (SSSR count). The molecule has 8 heteroatoms. The van der Waals surface area contributed by atoms with Gasteiger partial charge in [-0.3, -0.25) is 9.48 Å². The summed E-state index contributed by atoms with van der Waals surface area (Å²) in [5.74, 6) is 0.882. The van der Waals surface area contributed by atoms with Crippen LogP contribution in [0.4, 0.5) is 5.95 Å². The second-order valence-electron chi connectivity index (χ2n) is 7.67. The molecule has 0 N–H and O–H groups in total. The molecule has 0 bridgehead atoms. The topological polar surface area (TPSA) is 67.2 Å². The summed E-state index contributed by atoms with van der Waals surface area (Å²) in [6.45, 7) is 2.78. The molecular weight excluding hydrogens is 384 g/mol. The van der Waals surface area contributed by atoms with Crippen molar-refractivity contribution in [1.29, 1.82) is 0 Å². The molecule has 2 aliphatic heterocycles. The largest absolute Gasteiger partial charge is 0.341 e. The van der Waals surface area contributed by atoms with E-state index in [1.807, 2.05) is 52.6 Å². The number of nitrogens with zero attached hydrogens (tertiary/aromatic N) is 6. The number of carbonyl (C=O) groups excluding carboxylic acids is 1. The predicted molar refractivity (Wildman–Crippen MR) is 113 cm³/mol. The van der Waals surface area contributed by atoms with E-state index in [9.17, 15) is 4.79 Å².